The smallest absolute Gasteiger partial charge is 0.406 e. The van der Waals surface area contributed by atoms with Gasteiger partial charge in [0.1, 0.15) is 18.7 Å². The average Bonchev–Trinajstić information content (AvgIpc) is 2.69. The Balaban J connectivity index is 1.84. The van der Waals surface area contributed by atoms with Crippen LogP contribution in [0.25, 0.3) is 11.1 Å². The van der Waals surface area contributed by atoms with E-state index in [9.17, 15) is 13.2 Å². The lowest BCUT2D eigenvalue weighted by Crippen LogP contribution is -2.16. The van der Waals surface area contributed by atoms with Gasteiger partial charge in [0.15, 0.2) is 0 Å². The number of benzene rings is 1. The van der Waals surface area contributed by atoms with Crippen LogP contribution in [-0.4, -0.2) is 33.0 Å². The van der Waals surface area contributed by atoms with Gasteiger partial charge in [0.2, 0.25) is 0 Å². The molecule has 0 radical (unpaired) electrons. The second-order valence-electron chi connectivity index (χ2n) is 5.63. The van der Waals surface area contributed by atoms with Crippen molar-refractivity contribution in [2.24, 2.45) is 0 Å². The van der Waals surface area contributed by atoms with Gasteiger partial charge in [0, 0.05) is 29.7 Å². The molecule has 28 heavy (non-hydrogen) atoms. The standard InChI is InChI=1S/C20H14F3N3O2/c21-20(22,23)28-17-6-3-14(4-7-17)15-5-8-19(26-12-15)18(2-1-9-27)16-10-24-13-25-11-16/h3-8,10-13,18,27H,9H2. The summed E-state index contributed by atoms with van der Waals surface area (Å²) in [6, 6.07) is 9.08. The van der Waals surface area contributed by atoms with Gasteiger partial charge in [0.05, 0.1) is 11.6 Å². The summed E-state index contributed by atoms with van der Waals surface area (Å²) in [5, 5.41) is 8.99. The number of aliphatic hydroxyl groups excluding tert-OH is 1. The summed E-state index contributed by atoms with van der Waals surface area (Å²) < 4.78 is 40.6. The number of hydrogen-bond acceptors (Lipinski definition) is 5. The molecular weight excluding hydrogens is 371 g/mol. The van der Waals surface area contributed by atoms with Crippen molar-refractivity contribution < 1.29 is 23.0 Å². The van der Waals surface area contributed by atoms with Crippen LogP contribution in [0.2, 0.25) is 0 Å². The first-order chi connectivity index (χ1) is 13.5. The second kappa shape index (κ2) is 8.50. The van der Waals surface area contributed by atoms with Gasteiger partial charge in [-0.15, -0.1) is 13.2 Å². The molecule has 0 saturated heterocycles. The van der Waals surface area contributed by atoms with Gasteiger partial charge in [-0.1, -0.05) is 30.0 Å². The topological polar surface area (TPSA) is 68.1 Å². The Morgan fingerprint density at radius 3 is 2.21 bits per heavy atom. The molecule has 1 aromatic carbocycles. The zero-order chi connectivity index (χ0) is 20.0. The highest BCUT2D eigenvalue weighted by molar-refractivity contribution is 5.63. The van der Waals surface area contributed by atoms with E-state index in [1.165, 1.54) is 30.6 Å². The van der Waals surface area contributed by atoms with Gasteiger partial charge in [-0.05, 0) is 23.8 Å². The lowest BCUT2D eigenvalue weighted by atomic mass is 9.97. The summed E-state index contributed by atoms with van der Waals surface area (Å²) in [6.45, 7) is -0.283. The van der Waals surface area contributed by atoms with E-state index in [4.69, 9.17) is 5.11 Å². The van der Waals surface area contributed by atoms with E-state index in [2.05, 4.69) is 31.5 Å². The second-order valence-corrected chi connectivity index (χ2v) is 5.63. The van der Waals surface area contributed by atoms with Crippen molar-refractivity contribution in [3.05, 3.63) is 72.6 Å². The predicted molar refractivity (Wildman–Crippen MR) is 95.1 cm³/mol. The van der Waals surface area contributed by atoms with E-state index in [0.29, 0.717) is 11.3 Å². The van der Waals surface area contributed by atoms with Gasteiger partial charge in [-0.3, -0.25) is 4.98 Å². The van der Waals surface area contributed by atoms with Crippen molar-refractivity contribution in [3.63, 3.8) is 0 Å². The molecular formula is C20H14F3N3O2. The summed E-state index contributed by atoms with van der Waals surface area (Å²) in [5.74, 6) is 4.85. The van der Waals surface area contributed by atoms with Crippen LogP contribution in [-0.2, 0) is 0 Å². The number of nitrogens with zero attached hydrogens (tertiary/aromatic N) is 3. The number of alkyl halides is 3. The molecule has 0 bridgehead atoms. The summed E-state index contributed by atoms with van der Waals surface area (Å²) in [6.07, 6.45) is 1.53. The van der Waals surface area contributed by atoms with E-state index in [-0.39, 0.29) is 12.4 Å². The third-order valence-electron chi connectivity index (χ3n) is 3.74. The molecule has 1 atom stereocenters. The van der Waals surface area contributed by atoms with E-state index in [1.807, 2.05) is 0 Å². The molecule has 8 heteroatoms. The van der Waals surface area contributed by atoms with Crippen molar-refractivity contribution in [2.75, 3.05) is 6.61 Å². The van der Waals surface area contributed by atoms with Gasteiger partial charge in [-0.2, -0.15) is 0 Å². The molecule has 3 aromatic rings. The molecule has 5 nitrogen and oxygen atoms in total. The number of ether oxygens (including phenoxy) is 1. The third-order valence-corrected chi connectivity index (χ3v) is 3.74. The first kappa shape index (κ1) is 19.3. The summed E-state index contributed by atoms with van der Waals surface area (Å²) >= 11 is 0. The Morgan fingerprint density at radius 2 is 1.64 bits per heavy atom. The quantitative estimate of drug-likeness (QED) is 0.696. The molecule has 0 saturated carbocycles. The normalized spacial score (nSPS) is 12.0. The van der Waals surface area contributed by atoms with E-state index in [1.54, 1.807) is 30.7 Å². The maximum Gasteiger partial charge on any atom is 0.573 e. The highest BCUT2D eigenvalue weighted by Gasteiger charge is 2.30. The first-order valence-corrected chi connectivity index (χ1v) is 8.12. The Labute approximate surface area is 158 Å². The van der Waals surface area contributed by atoms with Crippen LogP contribution in [0.1, 0.15) is 17.2 Å². The Kier molecular flexibility index (Phi) is 5.87. The molecule has 1 N–H and O–H groups in total. The zero-order valence-corrected chi connectivity index (χ0v) is 14.4. The number of aromatic nitrogens is 3. The van der Waals surface area contributed by atoms with Crippen molar-refractivity contribution >= 4 is 0 Å². The van der Waals surface area contributed by atoms with Crippen LogP contribution < -0.4 is 4.74 Å². The molecule has 0 aliphatic carbocycles. The molecule has 2 heterocycles. The Bertz CT molecular complexity index is 964. The highest BCUT2D eigenvalue weighted by atomic mass is 19.4. The number of halogens is 3. The number of rotatable bonds is 4. The van der Waals surface area contributed by atoms with Gasteiger partial charge in [-0.25, -0.2) is 9.97 Å². The highest BCUT2D eigenvalue weighted by Crippen LogP contribution is 2.27. The van der Waals surface area contributed by atoms with Crippen LogP contribution in [0.4, 0.5) is 13.2 Å². The van der Waals surface area contributed by atoms with Crippen LogP contribution in [0.3, 0.4) is 0 Å². The molecule has 2 aromatic heterocycles. The molecule has 0 aliphatic rings. The van der Waals surface area contributed by atoms with Crippen molar-refractivity contribution in [3.8, 4) is 28.7 Å². The fourth-order valence-electron chi connectivity index (χ4n) is 2.53. The lowest BCUT2D eigenvalue weighted by molar-refractivity contribution is -0.274. The molecule has 0 aliphatic heterocycles. The van der Waals surface area contributed by atoms with Crippen molar-refractivity contribution in [1.82, 2.24) is 15.0 Å². The molecule has 3 rings (SSSR count). The third kappa shape index (κ3) is 5.05. The SMILES string of the molecule is OCC#CC(c1cncnc1)c1ccc(-c2ccc(OC(F)(F)F)cc2)cn1. The van der Waals surface area contributed by atoms with Crippen molar-refractivity contribution in [1.29, 1.82) is 0 Å². The lowest BCUT2D eigenvalue weighted by Gasteiger charge is -2.11. The van der Waals surface area contributed by atoms with Crippen LogP contribution in [0.15, 0.2) is 61.3 Å². The Hall–Kier alpha value is -3.44. The van der Waals surface area contributed by atoms with Gasteiger partial charge < -0.3 is 9.84 Å². The number of hydrogen-bond donors (Lipinski definition) is 1. The fraction of sp³-hybridized carbons (Fsp3) is 0.150. The number of pyridine rings is 1. The first-order valence-electron chi connectivity index (χ1n) is 8.12. The van der Waals surface area contributed by atoms with E-state index >= 15 is 0 Å². The molecule has 142 valence electrons. The van der Waals surface area contributed by atoms with E-state index in [0.717, 1.165) is 11.1 Å². The van der Waals surface area contributed by atoms with Crippen LogP contribution >= 0.6 is 0 Å². The largest absolute Gasteiger partial charge is 0.573 e. The van der Waals surface area contributed by atoms with Gasteiger partial charge in [0.25, 0.3) is 0 Å². The maximum absolute atomic E-state index is 12.2. The Morgan fingerprint density at radius 1 is 0.964 bits per heavy atom. The zero-order valence-electron chi connectivity index (χ0n) is 14.4. The molecule has 1 unspecified atom stereocenters. The average molecular weight is 385 g/mol. The number of aliphatic hydroxyl groups is 1. The minimum Gasteiger partial charge on any atom is -0.406 e. The van der Waals surface area contributed by atoms with Crippen LogP contribution in [0.5, 0.6) is 5.75 Å². The minimum atomic E-state index is -4.73. The molecule has 0 amide bonds. The summed E-state index contributed by atoms with van der Waals surface area (Å²) in [7, 11) is 0. The van der Waals surface area contributed by atoms with E-state index < -0.39 is 12.3 Å². The molecule has 0 fully saturated rings. The fourth-order valence-corrected chi connectivity index (χ4v) is 2.53. The van der Waals surface area contributed by atoms with Crippen molar-refractivity contribution in [2.45, 2.75) is 12.3 Å². The monoisotopic (exact) mass is 385 g/mol. The summed E-state index contributed by atoms with van der Waals surface area (Å²) in [4.78, 5) is 12.4. The van der Waals surface area contributed by atoms with Gasteiger partial charge >= 0.3 is 6.36 Å². The van der Waals surface area contributed by atoms with Crippen LogP contribution in [0, 0.1) is 11.8 Å². The molecule has 0 spiro atoms. The predicted octanol–water partition coefficient (Wildman–Crippen LogP) is 3.56. The maximum atomic E-state index is 12.2. The minimum absolute atomic E-state index is 0.283. The summed E-state index contributed by atoms with van der Waals surface area (Å²) in [5.41, 5.74) is 2.78.